The van der Waals surface area contributed by atoms with Gasteiger partial charge in [-0.15, -0.1) is 18.3 Å². The summed E-state index contributed by atoms with van der Waals surface area (Å²) in [5.74, 6) is -0.148. The van der Waals surface area contributed by atoms with Crippen molar-refractivity contribution in [3.63, 3.8) is 0 Å². The fourth-order valence-electron chi connectivity index (χ4n) is 2.39. The van der Waals surface area contributed by atoms with Crippen molar-refractivity contribution >= 4 is 23.5 Å². The monoisotopic (exact) mass is 390 g/mol. The lowest BCUT2D eigenvalue weighted by Gasteiger charge is -2.40. The molecule has 3 rings (SSSR count). The van der Waals surface area contributed by atoms with E-state index < -0.39 is 24.4 Å². The number of carbonyl (C=O) groups is 1. The van der Waals surface area contributed by atoms with E-state index >= 15 is 0 Å². The number of ether oxygens (including phenoxy) is 1. The van der Waals surface area contributed by atoms with Crippen LogP contribution >= 0.6 is 11.6 Å². The lowest BCUT2D eigenvalue weighted by Crippen LogP contribution is -2.59. The first-order valence-corrected chi connectivity index (χ1v) is 7.98. The number of alkyl halides is 3. The van der Waals surface area contributed by atoms with Crippen molar-refractivity contribution in [1.82, 2.24) is 15.1 Å². The predicted octanol–water partition coefficient (Wildman–Crippen LogP) is 2.94. The Labute approximate surface area is 151 Å². The molecule has 1 fully saturated rings. The molecule has 1 aromatic carbocycles. The highest BCUT2D eigenvalue weighted by atomic mass is 35.5. The molecule has 2 heterocycles. The average Bonchev–Trinajstić information content (AvgIpc) is 2.98. The number of hydrogen-bond donors (Lipinski definition) is 1. The van der Waals surface area contributed by atoms with Crippen molar-refractivity contribution in [3.05, 3.63) is 29.3 Å². The van der Waals surface area contributed by atoms with Gasteiger partial charge in [-0.2, -0.15) is 0 Å². The Kier molecular flexibility index (Phi) is 5.05. The summed E-state index contributed by atoms with van der Waals surface area (Å²) in [5.41, 5.74) is 0.656. The third-order valence-electron chi connectivity index (χ3n) is 3.69. The van der Waals surface area contributed by atoms with Gasteiger partial charge in [0.15, 0.2) is 0 Å². The maximum absolute atomic E-state index is 12.2. The lowest BCUT2D eigenvalue weighted by molar-refractivity contribution is -0.353. The van der Waals surface area contributed by atoms with Crippen LogP contribution in [0.3, 0.4) is 0 Å². The van der Waals surface area contributed by atoms with Crippen molar-refractivity contribution in [2.45, 2.75) is 25.4 Å². The highest BCUT2D eigenvalue weighted by molar-refractivity contribution is 6.30. The Morgan fingerprint density at radius 2 is 2.00 bits per heavy atom. The van der Waals surface area contributed by atoms with E-state index in [-0.39, 0.29) is 25.0 Å². The highest BCUT2D eigenvalue weighted by Gasteiger charge is 2.41. The van der Waals surface area contributed by atoms with Crippen molar-refractivity contribution in [2.75, 3.05) is 18.4 Å². The normalized spacial score (nSPS) is 16.3. The summed E-state index contributed by atoms with van der Waals surface area (Å²) >= 11 is 5.81. The standard InChI is InChI=1S/C15H14ClF3N4O3/c1-8(13(24)23-6-11(7-23)26-15(17,18)19)20-14-22-21-12(25-14)9-2-4-10(16)5-3-9/h2-5,8,11H,6-7H2,1H3,(H,20,22)/t8-/m1/s1. The zero-order chi connectivity index (χ0) is 18.9. The van der Waals surface area contributed by atoms with E-state index in [0.29, 0.717) is 10.6 Å². The molecule has 1 atom stereocenters. The van der Waals surface area contributed by atoms with E-state index in [2.05, 4.69) is 20.3 Å². The SMILES string of the molecule is C[C@@H](Nc1nnc(-c2ccc(Cl)cc2)o1)C(=O)N1CC(OC(F)(F)F)C1. The molecule has 1 aromatic heterocycles. The van der Waals surface area contributed by atoms with Crippen molar-refractivity contribution in [1.29, 1.82) is 0 Å². The number of hydrogen-bond acceptors (Lipinski definition) is 6. The second-order valence-corrected chi connectivity index (χ2v) is 6.15. The number of rotatable bonds is 5. The smallest absolute Gasteiger partial charge is 0.403 e. The number of anilines is 1. The Bertz CT molecular complexity index is 775. The van der Waals surface area contributed by atoms with Gasteiger partial charge in [0, 0.05) is 23.7 Å². The third-order valence-corrected chi connectivity index (χ3v) is 3.94. The molecule has 0 bridgehead atoms. The molecule has 1 amide bonds. The number of amides is 1. The van der Waals surface area contributed by atoms with Crippen LogP contribution in [0, 0.1) is 0 Å². The Morgan fingerprint density at radius 3 is 2.62 bits per heavy atom. The van der Waals surface area contributed by atoms with Crippen molar-refractivity contribution in [3.8, 4) is 11.5 Å². The van der Waals surface area contributed by atoms with Gasteiger partial charge in [-0.3, -0.25) is 9.53 Å². The van der Waals surface area contributed by atoms with Crippen LogP contribution in [-0.2, 0) is 9.53 Å². The van der Waals surface area contributed by atoms with Crippen LogP contribution in [0.15, 0.2) is 28.7 Å². The van der Waals surface area contributed by atoms with Crippen LogP contribution in [0.1, 0.15) is 6.92 Å². The number of aromatic nitrogens is 2. The number of nitrogens with zero attached hydrogens (tertiary/aromatic N) is 3. The molecule has 0 radical (unpaired) electrons. The molecule has 0 unspecified atom stereocenters. The summed E-state index contributed by atoms with van der Waals surface area (Å²) < 4.78 is 45.6. The molecule has 26 heavy (non-hydrogen) atoms. The van der Waals surface area contributed by atoms with E-state index in [9.17, 15) is 18.0 Å². The first-order valence-electron chi connectivity index (χ1n) is 7.60. The van der Waals surface area contributed by atoms with Crippen LogP contribution in [0.4, 0.5) is 19.2 Å². The van der Waals surface area contributed by atoms with Gasteiger partial charge in [-0.1, -0.05) is 16.7 Å². The molecule has 1 aliphatic heterocycles. The molecular formula is C15H14ClF3N4O3. The number of halogens is 4. The molecule has 0 aliphatic carbocycles. The van der Waals surface area contributed by atoms with E-state index in [4.69, 9.17) is 16.0 Å². The van der Waals surface area contributed by atoms with Crippen LogP contribution < -0.4 is 5.32 Å². The molecular weight excluding hydrogens is 377 g/mol. The molecule has 1 N–H and O–H groups in total. The lowest BCUT2D eigenvalue weighted by atomic mass is 10.1. The first kappa shape index (κ1) is 18.5. The zero-order valence-electron chi connectivity index (χ0n) is 13.5. The zero-order valence-corrected chi connectivity index (χ0v) is 14.2. The summed E-state index contributed by atoms with van der Waals surface area (Å²) in [5, 5.41) is 11.0. The maximum atomic E-state index is 12.2. The van der Waals surface area contributed by atoms with Crippen LogP contribution in [0.25, 0.3) is 11.5 Å². The number of benzene rings is 1. The van der Waals surface area contributed by atoms with E-state index in [0.717, 1.165) is 0 Å². The van der Waals surface area contributed by atoms with E-state index in [1.807, 2.05) is 0 Å². The van der Waals surface area contributed by atoms with Gasteiger partial charge in [0.2, 0.25) is 11.8 Å². The van der Waals surface area contributed by atoms with Gasteiger partial charge in [0.05, 0.1) is 0 Å². The molecule has 1 saturated heterocycles. The molecule has 11 heteroatoms. The van der Waals surface area contributed by atoms with Crippen LogP contribution in [0.5, 0.6) is 0 Å². The Hall–Kier alpha value is -2.33. The van der Waals surface area contributed by atoms with Gasteiger partial charge < -0.3 is 14.6 Å². The molecule has 1 aliphatic rings. The predicted molar refractivity (Wildman–Crippen MR) is 85.3 cm³/mol. The number of nitrogens with one attached hydrogen (secondary N) is 1. The summed E-state index contributed by atoms with van der Waals surface area (Å²) in [6.07, 6.45) is -5.74. The quantitative estimate of drug-likeness (QED) is 0.845. The number of carbonyl (C=O) groups excluding carboxylic acids is 1. The average molecular weight is 391 g/mol. The first-order chi connectivity index (χ1) is 12.2. The molecule has 0 spiro atoms. The number of likely N-dealkylation sites (tertiary alicyclic amines) is 1. The van der Waals surface area contributed by atoms with Gasteiger partial charge in [-0.05, 0) is 31.2 Å². The Balaban J connectivity index is 1.53. The van der Waals surface area contributed by atoms with E-state index in [1.165, 1.54) is 4.90 Å². The Morgan fingerprint density at radius 1 is 1.35 bits per heavy atom. The highest BCUT2D eigenvalue weighted by Crippen LogP contribution is 2.25. The van der Waals surface area contributed by atoms with Gasteiger partial charge in [0.25, 0.3) is 0 Å². The van der Waals surface area contributed by atoms with Gasteiger partial charge in [-0.25, -0.2) is 0 Å². The molecule has 0 saturated carbocycles. The second kappa shape index (κ2) is 7.12. The largest absolute Gasteiger partial charge is 0.522 e. The third kappa shape index (κ3) is 4.44. The van der Waals surface area contributed by atoms with Gasteiger partial charge in [0.1, 0.15) is 12.1 Å². The van der Waals surface area contributed by atoms with Crippen molar-refractivity contribution in [2.24, 2.45) is 0 Å². The van der Waals surface area contributed by atoms with E-state index in [1.54, 1.807) is 31.2 Å². The topological polar surface area (TPSA) is 80.5 Å². The summed E-state index contributed by atoms with van der Waals surface area (Å²) in [6, 6.07) is 6.03. The molecule has 140 valence electrons. The van der Waals surface area contributed by atoms with Gasteiger partial charge >= 0.3 is 12.4 Å². The maximum Gasteiger partial charge on any atom is 0.522 e. The fraction of sp³-hybridized carbons (Fsp3) is 0.400. The molecule has 7 nitrogen and oxygen atoms in total. The van der Waals surface area contributed by atoms with Crippen LogP contribution in [0.2, 0.25) is 5.02 Å². The second-order valence-electron chi connectivity index (χ2n) is 5.71. The fourth-order valence-corrected chi connectivity index (χ4v) is 2.52. The van der Waals surface area contributed by atoms with Crippen molar-refractivity contribution < 1.29 is 27.1 Å². The van der Waals surface area contributed by atoms with Crippen LogP contribution in [-0.4, -0.2) is 52.6 Å². The minimum Gasteiger partial charge on any atom is -0.403 e. The summed E-state index contributed by atoms with van der Waals surface area (Å²) in [7, 11) is 0. The molecule has 2 aromatic rings. The minimum atomic E-state index is -4.70. The minimum absolute atomic E-state index is 0.0272. The summed E-state index contributed by atoms with van der Waals surface area (Å²) in [6.45, 7) is 1.31. The summed E-state index contributed by atoms with van der Waals surface area (Å²) in [4.78, 5) is 13.4.